The minimum atomic E-state index is 0.398. The molecule has 2 atom stereocenters. The standard InChI is InChI=1S/C8H14O/c1-3-7(2)8-5-4-6-9-8/h4-5,7-8H,3,6H2,1-2H3/t7?,8-/m0/s1. The molecule has 0 N–H and O–H groups in total. The number of hydrogen-bond acceptors (Lipinski definition) is 1. The van der Waals surface area contributed by atoms with Crippen LogP contribution in [0.3, 0.4) is 0 Å². The molecule has 0 aromatic heterocycles. The molecule has 0 bridgehead atoms. The Bertz CT molecular complexity index is 107. The zero-order valence-corrected chi connectivity index (χ0v) is 6.13. The Balaban J connectivity index is 2.33. The van der Waals surface area contributed by atoms with Crippen molar-refractivity contribution in [1.29, 1.82) is 0 Å². The maximum Gasteiger partial charge on any atom is 0.0786 e. The highest BCUT2D eigenvalue weighted by Gasteiger charge is 2.15. The van der Waals surface area contributed by atoms with Crippen LogP contribution in [0.25, 0.3) is 0 Å². The summed E-state index contributed by atoms with van der Waals surface area (Å²) in [7, 11) is 0. The van der Waals surface area contributed by atoms with Crippen molar-refractivity contribution in [2.45, 2.75) is 26.4 Å². The molecule has 1 aliphatic rings. The maximum atomic E-state index is 5.39. The molecule has 0 fully saturated rings. The van der Waals surface area contributed by atoms with Crippen molar-refractivity contribution in [3.05, 3.63) is 12.2 Å². The summed E-state index contributed by atoms with van der Waals surface area (Å²) in [6.07, 6.45) is 5.86. The van der Waals surface area contributed by atoms with Crippen LogP contribution in [0, 0.1) is 5.92 Å². The summed E-state index contributed by atoms with van der Waals surface area (Å²) >= 11 is 0. The van der Waals surface area contributed by atoms with Gasteiger partial charge in [-0.2, -0.15) is 0 Å². The highest BCUT2D eigenvalue weighted by Crippen LogP contribution is 2.16. The molecule has 1 heteroatoms. The van der Waals surface area contributed by atoms with Gasteiger partial charge in [-0.1, -0.05) is 32.4 Å². The van der Waals surface area contributed by atoms with E-state index in [4.69, 9.17) is 4.74 Å². The second-order valence-electron chi connectivity index (χ2n) is 2.61. The van der Waals surface area contributed by atoms with E-state index in [0.717, 1.165) is 6.61 Å². The van der Waals surface area contributed by atoms with E-state index < -0.39 is 0 Å². The SMILES string of the molecule is CCC(C)[C@@H]1C=CCO1. The van der Waals surface area contributed by atoms with Crippen molar-refractivity contribution in [1.82, 2.24) is 0 Å². The number of hydrogen-bond donors (Lipinski definition) is 0. The van der Waals surface area contributed by atoms with Gasteiger partial charge in [0.2, 0.25) is 0 Å². The van der Waals surface area contributed by atoms with Crippen LogP contribution in [-0.4, -0.2) is 12.7 Å². The van der Waals surface area contributed by atoms with E-state index in [1.54, 1.807) is 0 Å². The minimum Gasteiger partial charge on any atom is -0.370 e. The lowest BCUT2D eigenvalue weighted by Gasteiger charge is -2.14. The second kappa shape index (κ2) is 3.02. The molecule has 0 spiro atoms. The lowest BCUT2D eigenvalue weighted by Crippen LogP contribution is -2.14. The molecule has 0 saturated heterocycles. The average Bonchev–Trinajstić information content (AvgIpc) is 2.37. The van der Waals surface area contributed by atoms with Crippen LogP contribution >= 0.6 is 0 Å². The molecule has 1 heterocycles. The molecule has 1 rings (SSSR count). The molecule has 52 valence electrons. The molecule has 0 aromatic carbocycles. The molecule has 0 radical (unpaired) electrons. The normalized spacial score (nSPS) is 28.9. The zero-order chi connectivity index (χ0) is 6.69. The Kier molecular flexibility index (Phi) is 2.29. The summed E-state index contributed by atoms with van der Waals surface area (Å²) in [4.78, 5) is 0. The van der Waals surface area contributed by atoms with Crippen molar-refractivity contribution in [2.24, 2.45) is 5.92 Å². The van der Waals surface area contributed by atoms with Gasteiger partial charge in [0.25, 0.3) is 0 Å². The Morgan fingerprint density at radius 1 is 1.78 bits per heavy atom. The highest BCUT2D eigenvalue weighted by atomic mass is 16.5. The first-order chi connectivity index (χ1) is 4.34. The highest BCUT2D eigenvalue weighted by molar-refractivity contribution is 4.97. The lowest BCUT2D eigenvalue weighted by molar-refractivity contribution is 0.0859. The van der Waals surface area contributed by atoms with Crippen LogP contribution in [0.4, 0.5) is 0 Å². The molecular weight excluding hydrogens is 112 g/mol. The molecule has 1 aliphatic heterocycles. The summed E-state index contributed by atoms with van der Waals surface area (Å²) in [5.41, 5.74) is 0. The summed E-state index contributed by atoms with van der Waals surface area (Å²) in [5.74, 6) is 0.684. The first-order valence-electron chi connectivity index (χ1n) is 3.63. The minimum absolute atomic E-state index is 0.398. The Hall–Kier alpha value is -0.300. The van der Waals surface area contributed by atoms with Gasteiger partial charge in [-0.3, -0.25) is 0 Å². The van der Waals surface area contributed by atoms with Crippen molar-refractivity contribution >= 4 is 0 Å². The monoisotopic (exact) mass is 126 g/mol. The summed E-state index contributed by atoms with van der Waals surface area (Å²) in [5, 5.41) is 0. The van der Waals surface area contributed by atoms with Crippen molar-refractivity contribution in [3.63, 3.8) is 0 Å². The molecule has 0 saturated carbocycles. The smallest absolute Gasteiger partial charge is 0.0786 e. The van der Waals surface area contributed by atoms with E-state index in [-0.39, 0.29) is 0 Å². The molecule has 0 aliphatic carbocycles. The molecule has 9 heavy (non-hydrogen) atoms. The molecule has 0 aromatic rings. The van der Waals surface area contributed by atoms with E-state index in [9.17, 15) is 0 Å². The molecule has 1 nitrogen and oxygen atoms in total. The van der Waals surface area contributed by atoms with Gasteiger partial charge >= 0.3 is 0 Å². The van der Waals surface area contributed by atoms with Gasteiger partial charge in [-0.15, -0.1) is 0 Å². The Labute approximate surface area is 56.7 Å². The fourth-order valence-corrected chi connectivity index (χ4v) is 0.998. The van der Waals surface area contributed by atoms with Gasteiger partial charge in [0, 0.05) is 0 Å². The van der Waals surface area contributed by atoms with E-state index in [2.05, 4.69) is 26.0 Å². The Morgan fingerprint density at radius 2 is 2.56 bits per heavy atom. The van der Waals surface area contributed by atoms with Crippen LogP contribution in [0.5, 0.6) is 0 Å². The first kappa shape index (κ1) is 6.81. The van der Waals surface area contributed by atoms with Crippen LogP contribution in [0.15, 0.2) is 12.2 Å². The third kappa shape index (κ3) is 1.55. The predicted molar refractivity (Wildman–Crippen MR) is 38.3 cm³/mol. The summed E-state index contributed by atoms with van der Waals surface area (Å²) in [6, 6.07) is 0. The van der Waals surface area contributed by atoms with Crippen molar-refractivity contribution in [2.75, 3.05) is 6.61 Å². The van der Waals surface area contributed by atoms with Crippen LogP contribution in [0.2, 0.25) is 0 Å². The van der Waals surface area contributed by atoms with Crippen molar-refractivity contribution in [3.8, 4) is 0 Å². The van der Waals surface area contributed by atoms with E-state index in [1.807, 2.05) is 0 Å². The zero-order valence-electron chi connectivity index (χ0n) is 6.13. The predicted octanol–water partition coefficient (Wildman–Crippen LogP) is 1.99. The van der Waals surface area contributed by atoms with Crippen LogP contribution in [0.1, 0.15) is 20.3 Å². The van der Waals surface area contributed by atoms with Gasteiger partial charge in [0.05, 0.1) is 12.7 Å². The van der Waals surface area contributed by atoms with E-state index in [1.165, 1.54) is 6.42 Å². The fraction of sp³-hybridized carbons (Fsp3) is 0.750. The summed E-state index contributed by atoms with van der Waals surface area (Å²) in [6.45, 7) is 5.23. The second-order valence-corrected chi connectivity index (χ2v) is 2.61. The van der Waals surface area contributed by atoms with Crippen molar-refractivity contribution < 1.29 is 4.74 Å². The first-order valence-corrected chi connectivity index (χ1v) is 3.63. The van der Waals surface area contributed by atoms with Gasteiger partial charge in [-0.25, -0.2) is 0 Å². The topological polar surface area (TPSA) is 9.23 Å². The average molecular weight is 126 g/mol. The number of ether oxygens (including phenoxy) is 1. The third-order valence-electron chi connectivity index (χ3n) is 1.92. The van der Waals surface area contributed by atoms with Gasteiger partial charge in [0.1, 0.15) is 0 Å². The largest absolute Gasteiger partial charge is 0.370 e. The van der Waals surface area contributed by atoms with Gasteiger partial charge < -0.3 is 4.74 Å². The van der Waals surface area contributed by atoms with Gasteiger partial charge in [-0.05, 0) is 5.92 Å². The lowest BCUT2D eigenvalue weighted by atomic mass is 10.0. The quantitative estimate of drug-likeness (QED) is 0.514. The van der Waals surface area contributed by atoms with Gasteiger partial charge in [0.15, 0.2) is 0 Å². The van der Waals surface area contributed by atoms with E-state index >= 15 is 0 Å². The molecule has 1 unspecified atom stereocenters. The third-order valence-corrected chi connectivity index (χ3v) is 1.92. The number of rotatable bonds is 2. The molecular formula is C8H14O. The molecule has 0 amide bonds. The maximum absolute atomic E-state index is 5.39. The summed E-state index contributed by atoms with van der Waals surface area (Å²) < 4.78 is 5.39. The van der Waals surface area contributed by atoms with Crippen LogP contribution in [-0.2, 0) is 4.74 Å². The van der Waals surface area contributed by atoms with Crippen LogP contribution < -0.4 is 0 Å². The Morgan fingerprint density at radius 3 is 3.00 bits per heavy atom. The van der Waals surface area contributed by atoms with E-state index in [0.29, 0.717) is 12.0 Å². The fourth-order valence-electron chi connectivity index (χ4n) is 0.998.